The van der Waals surface area contributed by atoms with Crippen molar-refractivity contribution in [1.82, 2.24) is 10.2 Å². The van der Waals surface area contributed by atoms with Gasteiger partial charge in [-0.05, 0) is 54.1 Å². The number of carbonyl (C=O) groups is 2. The highest BCUT2D eigenvalue weighted by atomic mass is 19.1. The normalized spacial score (nSPS) is 10.6. The fraction of sp³-hybridized carbons (Fsp3) is 0. The van der Waals surface area contributed by atoms with Crippen LogP contribution in [0, 0.1) is 17.5 Å². The summed E-state index contributed by atoms with van der Waals surface area (Å²) in [5.41, 5.74) is -0.756. The molecule has 0 atom stereocenters. The molecule has 0 radical (unpaired) electrons. The molecule has 0 fully saturated rings. The molecule has 1 aromatic heterocycles. The van der Waals surface area contributed by atoms with Crippen LogP contribution in [0.3, 0.4) is 0 Å². The van der Waals surface area contributed by atoms with Gasteiger partial charge in [-0.25, -0.2) is 13.2 Å². The number of hydrogen-bond donors (Lipinski definition) is 4. The quantitative estimate of drug-likeness (QED) is 0.352. The van der Waals surface area contributed by atoms with Gasteiger partial charge in [-0.15, -0.1) is 0 Å². The first-order chi connectivity index (χ1) is 15.8. The number of aromatic amines is 1. The number of benzene rings is 3. The smallest absolute Gasteiger partial charge is 0.275 e. The Hall–Kier alpha value is -4.60. The molecular formula is C23H15F3N4O3. The summed E-state index contributed by atoms with van der Waals surface area (Å²) >= 11 is 0. The fourth-order valence-corrected chi connectivity index (χ4v) is 3.12. The lowest BCUT2D eigenvalue weighted by atomic mass is 10.0. The molecule has 2 amide bonds. The minimum absolute atomic E-state index is 0.0982. The standard InChI is InChI=1S/C23H15F3N4O3/c24-13-4-6-14(7-5-13)28-23(33)21-18(11-27-30-21)29-22(32)19-17(25)9-8-16(20(19)26)12-2-1-3-15(31)10-12/h1-11,31H,(H,27,30)(H,28,33)(H,29,32). The van der Waals surface area contributed by atoms with Gasteiger partial charge in [0, 0.05) is 11.3 Å². The van der Waals surface area contributed by atoms with Crippen LogP contribution in [0.5, 0.6) is 5.75 Å². The van der Waals surface area contributed by atoms with Crippen molar-refractivity contribution >= 4 is 23.2 Å². The Morgan fingerprint density at radius 2 is 1.67 bits per heavy atom. The third kappa shape index (κ3) is 4.54. The lowest BCUT2D eigenvalue weighted by Gasteiger charge is -2.11. The van der Waals surface area contributed by atoms with E-state index in [0.717, 1.165) is 30.5 Å². The van der Waals surface area contributed by atoms with Crippen molar-refractivity contribution in [2.45, 2.75) is 0 Å². The third-order valence-corrected chi connectivity index (χ3v) is 4.69. The van der Waals surface area contributed by atoms with E-state index in [9.17, 15) is 23.5 Å². The average Bonchev–Trinajstić information content (AvgIpc) is 3.23. The Labute approximate surface area is 184 Å². The van der Waals surface area contributed by atoms with Gasteiger partial charge in [-0.1, -0.05) is 12.1 Å². The first-order valence-electron chi connectivity index (χ1n) is 9.52. The van der Waals surface area contributed by atoms with Gasteiger partial charge in [0.2, 0.25) is 0 Å². The van der Waals surface area contributed by atoms with Crippen molar-refractivity contribution in [3.8, 4) is 16.9 Å². The second kappa shape index (κ2) is 8.87. The lowest BCUT2D eigenvalue weighted by Crippen LogP contribution is -2.20. The number of rotatable bonds is 5. The van der Waals surface area contributed by atoms with E-state index in [-0.39, 0.29) is 33.9 Å². The number of hydrogen-bond acceptors (Lipinski definition) is 4. The van der Waals surface area contributed by atoms with Gasteiger partial charge in [-0.3, -0.25) is 14.7 Å². The molecule has 0 aliphatic rings. The molecule has 4 aromatic rings. The van der Waals surface area contributed by atoms with E-state index in [1.807, 2.05) is 0 Å². The Balaban J connectivity index is 1.60. The van der Waals surface area contributed by atoms with E-state index in [2.05, 4.69) is 20.8 Å². The summed E-state index contributed by atoms with van der Waals surface area (Å²) in [6.07, 6.45) is 1.10. The van der Waals surface area contributed by atoms with Crippen LogP contribution in [0.2, 0.25) is 0 Å². The van der Waals surface area contributed by atoms with Crippen molar-refractivity contribution in [2.24, 2.45) is 0 Å². The first-order valence-corrected chi connectivity index (χ1v) is 9.52. The molecule has 33 heavy (non-hydrogen) atoms. The SMILES string of the molecule is O=C(Nc1ccc(F)cc1)c1[nH]ncc1NC(=O)c1c(F)ccc(-c2cccc(O)c2)c1F. The summed E-state index contributed by atoms with van der Waals surface area (Å²) in [6, 6.07) is 12.7. The van der Waals surface area contributed by atoms with Crippen molar-refractivity contribution in [1.29, 1.82) is 0 Å². The number of phenolic OH excluding ortho intramolecular Hbond substituents is 1. The first kappa shape index (κ1) is 21.6. The zero-order chi connectivity index (χ0) is 23.5. The van der Waals surface area contributed by atoms with Gasteiger partial charge in [-0.2, -0.15) is 5.10 Å². The zero-order valence-electron chi connectivity index (χ0n) is 16.7. The van der Waals surface area contributed by atoms with Crippen LogP contribution in [-0.2, 0) is 0 Å². The molecule has 1 heterocycles. The molecule has 3 aromatic carbocycles. The monoisotopic (exact) mass is 452 g/mol. The molecular weight excluding hydrogens is 437 g/mol. The summed E-state index contributed by atoms with van der Waals surface area (Å²) in [5, 5.41) is 20.5. The molecule has 0 aliphatic heterocycles. The number of aromatic hydroxyl groups is 1. The summed E-state index contributed by atoms with van der Waals surface area (Å²) < 4.78 is 42.5. The van der Waals surface area contributed by atoms with E-state index >= 15 is 4.39 Å². The molecule has 0 aliphatic carbocycles. The van der Waals surface area contributed by atoms with Gasteiger partial charge < -0.3 is 15.7 Å². The number of aromatic nitrogens is 2. The van der Waals surface area contributed by atoms with Crippen LogP contribution in [0.1, 0.15) is 20.8 Å². The molecule has 0 bridgehead atoms. The Kier molecular flexibility index (Phi) is 5.81. The predicted octanol–water partition coefficient (Wildman–Crippen LogP) is 4.70. The Bertz CT molecular complexity index is 1350. The summed E-state index contributed by atoms with van der Waals surface area (Å²) in [4.78, 5) is 25.2. The number of phenols is 1. The largest absolute Gasteiger partial charge is 0.508 e. The topological polar surface area (TPSA) is 107 Å². The Morgan fingerprint density at radius 1 is 0.909 bits per heavy atom. The lowest BCUT2D eigenvalue weighted by molar-refractivity contribution is 0.101. The van der Waals surface area contributed by atoms with Crippen molar-refractivity contribution in [2.75, 3.05) is 10.6 Å². The van der Waals surface area contributed by atoms with E-state index in [1.54, 1.807) is 0 Å². The number of carbonyl (C=O) groups excluding carboxylic acids is 2. The number of nitrogens with one attached hydrogen (secondary N) is 3. The van der Waals surface area contributed by atoms with E-state index in [0.29, 0.717) is 0 Å². The highest BCUT2D eigenvalue weighted by Gasteiger charge is 2.24. The van der Waals surface area contributed by atoms with Crippen LogP contribution < -0.4 is 10.6 Å². The number of anilines is 2. The van der Waals surface area contributed by atoms with E-state index in [4.69, 9.17) is 0 Å². The summed E-state index contributed by atoms with van der Waals surface area (Å²) in [7, 11) is 0. The molecule has 0 unspecified atom stereocenters. The number of nitrogens with zero attached hydrogens (tertiary/aromatic N) is 1. The summed E-state index contributed by atoms with van der Waals surface area (Å²) in [5.74, 6) is -4.74. The average molecular weight is 452 g/mol. The summed E-state index contributed by atoms with van der Waals surface area (Å²) in [6.45, 7) is 0. The van der Waals surface area contributed by atoms with Gasteiger partial charge in [0.25, 0.3) is 11.8 Å². The van der Waals surface area contributed by atoms with E-state index in [1.165, 1.54) is 36.4 Å². The highest BCUT2D eigenvalue weighted by Crippen LogP contribution is 2.29. The number of amides is 2. The Morgan fingerprint density at radius 3 is 2.39 bits per heavy atom. The van der Waals surface area contributed by atoms with Gasteiger partial charge in [0.05, 0.1) is 11.9 Å². The molecule has 4 N–H and O–H groups in total. The fourth-order valence-electron chi connectivity index (χ4n) is 3.12. The number of H-pyrrole nitrogens is 1. The molecule has 0 saturated carbocycles. The third-order valence-electron chi connectivity index (χ3n) is 4.69. The molecule has 7 nitrogen and oxygen atoms in total. The molecule has 4 rings (SSSR count). The van der Waals surface area contributed by atoms with Crippen LogP contribution >= 0.6 is 0 Å². The van der Waals surface area contributed by atoms with Gasteiger partial charge in [0.1, 0.15) is 34.5 Å². The van der Waals surface area contributed by atoms with Crippen molar-refractivity contribution < 1.29 is 27.9 Å². The van der Waals surface area contributed by atoms with Gasteiger partial charge in [0.15, 0.2) is 0 Å². The minimum Gasteiger partial charge on any atom is -0.508 e. The zero-order valence-corrected chi connectivity index (χ0v) is 16.7. The molecule has 0 saturated heterocycles. The maximum Gasteiger partial charge on any atom is 0.275 e. The maximum absolute atomic E-state index is 15.1. The highest BCUT2D eigenvalue weighted by molar-refractivity contribution is 6.11. The molecule has 0 spiro atoms. The maximum atomic E-state index is 15.1. The number of halogens is 3. The second-order valence-corrected chi connectivity index (χ2v) is 6.91. The predicted molar refractivity (Wildman–Crippen MR) is 114 cm³/mol. The van der Waals surface area contributed by atoms with E-state index < -0.39 is 34.8 Å². The van der Waals surface area contributed by atoms with Crippen LogP contribution in [-0.4, -0.2) is 27.1 Å². The molecule has 166 valence electrons. The van der Waals surface area contributed by atoms with Crippen molar-refractivity contribution in [3.63, 3.8) is 0 Å². The minimum atomic E-state index is -1.15. The van der Waals surface area contributed by atoms with Crippen LogP contribution in [0.4, 0.5) is 24.5 Å². The molecule has 10 heteroatoms. The van der Waals surface area contributed by atoms with Crippen molar-refractivity contribution in [3.05, 3.63) is 95.6 Å². The second-order valence-electron chi connectivity index (χ2n) is 6.91. The van der Waals surface area contributed by atoms with Crippen LogP contribution in [0.25, 0.3) is 11.1 Å². The van der Waals surface area contributed by atoms with Gasteiger partial charge >= 0.3 is 0 Å². The van der Waals surface area contributed by atoms with Crippen LogP contribution in [0.15, 0.2) is 66.9 Å².